The van der Waals surface area contributed by atoms with Crippen LogP contribution in [0.25, 0.3) is 0 Å². The lowest BCUT2D eigenvalue weighted by atomic mass is 9.96. The number of nitrogens with one attached hydrogen (secondary N) is 1. The molecule has 0 radical (unpaired) electrons. The zero-order valence-corrected chi connectivity index (χ0v) is 13.3. The van der Waals surface area contributed by atoms with Gasteiger partial charge >= 0.3 is 5.97 Å². The van der Waals surface area contributed by atoms with Crippen molar-refractivity contribution < 1.29 is 26.7 Å². The average molecular weight is 348 g/mol. The molecule has 2 rings (SSSR count). The van der Waals surface area contributed by atoms with Gasteiger partial charge in [0.25, 0.3) is 5.92 Å². The summed E-state index contributed by atoms with van der Waals surface area (Å²) in [6.07, 6.45) is 1.26. The molecule has 0 bridgehead atoms. The molecule has 128 valence electrons. The van der Waals surface area contributed by atoms with E-state index in [0.29, 0.717) is 18.4 Å². The molecule has 0 heterocycles. The van der Waals surface area contributed by atoms with E-state index < -0.39 is 34.5 Å². The second-order valence-electron chi connectivity index (χ2n) is 5.48. The van der Waals surface area contributed by atoms with Crippen molar-refractivity contribution in [1.82, 2.24) is 4.72 Å². The van der Waals surface area contributed by atoms with Crippen LogP contribution < -0.4 is 10.5 Å². The molecule has 1 aliphatic carbocycles. The number of halogens is 2. The van der Waals surface area contributed by atoms with E-state index in [2.05, 4.69) is 0 Å². The lowest BCUT2D eigenvalue weighted by Crippen LogP contribution is -2.41. The molecule has 0 spiro atoms. The Kier molecular flexibility index (Phi) is 4.74. The molecule has 0 amide bonds. The number of rotatable bonds is 7. The molecular formula is C14H18F2N2O4S. The van der Waals surface area contributed by atoms with Crippen LogP contribution in [0.3, 0.4) is 0 Å². The third-order valence-electron chi connectivity index (χ3n) is 3.86. The summed E-state index contributed by atoms with van der Waals surface area (Å²) in [6.45, 7) is -2.02. The average Bonchev–Trinajstić information content (AvgIpc) is 3.34. The lowest BCUT2D eigenvalue weighted by Gasteiger charge is -2.16. The lowest BCUT2D eigenvalue weighted by molar-refractivity contribution is -0.143. The second-order valence-corrected chi connectivity index (χ2v) is 7.25. The molecule has 1 aromatic carbocycles. The minimum absolute atomic E-state index is 0.158. The number of benzene rings is 1. The third kappa shape index (κ3) is 3.67. The van der Waals surface area contributed by atoms with Gasteiger partial charge in [0.2, 0.25) is 10.0 Å². The quantitative estimate of drug-likeness (QED) is 0.709. The van der Waals surface area contributed by atoms with Gasteiger partial charge in [-0.2, -0.15) is 0 Å². The molecule has 1 aliphatic rings. The maximum absolute atomic E-state index is 13.1. The maximum atomic E-state index is 13.1. The van der Waals surface area contributed by atoms with E-state index in [0.717, 1.165) is 0 Å². The van der Waals surface area contributed by atoms with E-state index in [9.17, 15) is 22.0 Å². The van der Waals surface area contributed by atoms with Crippen molar-refractivity contribution in [3.05, 3.63) is 29.8 Å². The molecule has 0 atom stereocenters. The summed E-state index contributed by atoms with van der Waals surface area (Å²) in [6, 6.07) is 5.56. The Hall–Kier alpha value is -1.58. The predicted molar refractivity (Wildman–Crippen MR) is 78.6 cm³/mol. The largest absolute Gasteiger partial charge is 0.468 e. The summed E-state index contributed by atoms with van der Waals surface area (Å²) in [5.41, 5.74) is 4.80. The summed E-state index contributed by atoms with van der Waals surface area (Å²) in [5.74, 6) is -3.68. The number of hydrogen-bond acceptors (Lipinski definition) is 5. The number of esters is 1. The maximum Gasteiger partial charge on any atom is 0.316 e. The summed E-state index contributed by atoms with van der Waals surface area (Å²) in [7, 11) is -2.78. The molecule has 3 N–H and O–H groups in total. The molecule has 0 aromatic heterocycles. The van der Waals surface area contributed by atoms with E-state index in [1.165, 1.54) is 31.4 Å². The standard InChI is InChI=1S/C14H18F2N2O4S/c1-22-12(19)13(6-7-13)10-2-4-11(5-3-10)23(20,21)18-9-14(15,16)8-17/h2-5,18H,6-9,17H2,1H3. The molecular weight excluding hydrogens is 330 g/mol. The van der Waals surface area contributed by atoms with E-state index in [4.69, 9.17) is 10.5 Å². The van der Waals surface area contributed by atoms with Gasteiger partial charge < -0.3 is 10.5 Å². The summed E-state index contributed by atoms with van der Waals surface area (Å²) < 4.78 is 56.7. The van der Waals surface area contributed by atoms with E-state index in [-0.39, 0.29) is 10.9 Å². The van der Waals surface area contributed by atoms with Crippen molar-refractivity contribution >= 4 is 16.0 Å². The fraction of sp³-hybridized carbons (Fsp3) is 0.500. The van der Waals surface area contributed by atoms with Crippen LogP contribution in [0.4, 0.5) is 8.78 Å². The van der Waals surface area contributed by atoms with Gasteiger partial charge in [0.05, 0.1) is 30.5 Å². The first-order valence-corrected chi connectivity index (χ1v) is 8.42. The minimum Gasteiger partial charge on any atom is -0.468 e. The van der Waals surface area contributed by atoms with E-state index >= 15 is 0 Å². The van der Waals surface area contributed by atoms with Gasteiger partial charge in [-0.05, 0) is 30.5 Å². The number of ether oxygens (including phenoxy) is 1. The Morgan fingerprint density at radius 1 is 1.35 bits per heavy atom. The molecule has 0 saturated heterocycles. The Balaban J connectivity index is 2.15. The van der Waals surface area contributed by atoms with Gasteiger partial charge in [0.15, 0.2) is 0 Å². The van der Waals surface area contributed by atoms with Crippen LogP contribution in [0.5, 0.6) is 0 Å². The highest BCUT2D eigenvalue weighted by Crippen LogP contribution is 2.49. The first-order valence-electron chi connectivity index (χ1n) is 6.93. The van der Waals surface area contributed by atoms with Crippen LogP contribution in [-0.4, -0.2) is 40.5 Å². The minimum atomic E-state index is -4.07. The van der Waals surface area contributed by atoms with Crippen LogP contribution in [0.2, 0.25) is 0 Å². The van der Waals surface area contributed by atoms with Crippen molar-refractivity contribution in [2.24, 2.45) is 5.73 Å². The van der Waals surface area contributed by atoms with Crippen LogP contribution >= 0.6 is 0 Å². The van der Waals surface area contributed by atoms with Gasteiger partial charge in [0, 0.05) is 0 Å². The van der Waals surface area contributed by atoms with Crippen LogP contribution in [0, 0.1) is 0 Å². The molecule has 6 nitrogen and oxygen atoms in total. The molecule has 23 heavy (non-hydrogen) atoms. The predicted octanol–water partition coefficient (Wildman–Crippen LogP) is 0.763. The van der Waals surface area contributed by atoms with Crippen molar-refractivity contribution in [2.75, 3.05) is 20.2 Å². The Morgan fingerprint density at radius 2 is 1.91 bits per heavy atom. The van der Waals surface area contributed by atoms with Gasteiger partial charge in [-0.15, -0.1) is 0 Å². The molecule has 0 unspecified atom stereocenters. The van der Waals surface area contributed by atoms with Crippen LogP contribution in [-0.2, 0) is 25.0 Å². The van der Waals surface area contributed by atoms with Gasteiger partial charge in [-0.3, -0.25) is 4.79 Å². The number of carbonyl (C=O) groups is 1. The summed E-state index contributed by atoms with van der Waals surface area (Å²) in [4.78, 5) is 11.6. The van der Waals surface area contributed by atoms with Crippen molar-refractivity contribution in [1.29, 1.82) is 0 Å². The first kappa shape index (κ1) is 17.8. The molecule has 0 aliphatic heterocycles. The molecule has 9 heteroatoms. The van der Waals surface area contributed by atoms with Crippen molar-refractivity contribution in [3.63, 3.8) is 0 Å². The smallest absolute Gasteiger partial charge is 0.316 e. The highest BCUT2D eigenvalue weighted by Gasteiger charge is 2.52. The Labute approximate surface area is 133 Å². The molecule has 1 fully saturated rings. The third-order valence-corrected chi connectivity index (χ3v) is 5.28. The number of nitrogens with two attached hydrogens (primary N) is 1. The Morgan fingerprint density at radius 3 is 2.35 bits per heavy atom. The summed E-state index contributed by atoms with van der Waals surface area (Å²) in [5, 5.41) is 0. The highest BCUT2D eigenvalue weighted by atomic mass is 32.2. The van der Waals surface area contributed by atoms with Crippen LogP contribution in [0.1, 0.15) is 18.4 Å². The van der Waals surface area contributed by atoms with E-state index in [1.54, 1.807) is 0 Å². The molecule has 1 aromatic rings. The van der Waals surface area contributed by atoms with E-state index in [1.807, 2.05) is 4.72 Å². The SMILES string of the molecule is COC(=O)C1(c2ccc(S(=O)(=O)NCC(F)(F)CN)cc2)CC1. The first-order chi connectivity index (χ1) is 10.7. The number of carbonyl (C=O) groups excluding carboxylic acids is 1. The van der Waals surface area contributed by atoms with Crippen LogP contribution in [0.15, 0.2) is 29.2 Å². The van der Waals surface area contributed by atoms with Gasteiger partial charge in [0.1, 0.15) is 0 Å². The number of alkyl halides is 2. The highest BCUT2D eigenvalue weighted by molar-refractivity contribution is 7.89. The number of hydrogen-bond donors (Lipinski definition) is 2. The summed E-state index contributed by atoms with van der Waals surface area (Å²) >= 11 is 0. The van der Waals surface area contributed by atoms with Gasteiger partial charge in [-0.1, -0.05) is 12.1 Å². The number of sulfonamides is 1. The second kappa shape index (κ2) is 6.14. The zero-order valence-electron chi connectivity index (χ0n) is 12.5. The van der Waals surface area contributed by atoms with Crippen molar-refractivity contribution in [3.8, 4) is 0 Å². The normalized spacial score (nSPS) is 16.9. The Bertz CT molecular complexity index is 685. The fourth-order valence-electron chi connectivity index (χ4n) is 2.24. The monoisotopic (exact) mass is 348 g/mol. The molecule has 1 saturated carbocycles. The van der Waals surface area contributed by atoms with Gasteiger partial charge in [-0.25, -0.2) is 21.9 Å². The fourth-order valence-corrected chi connectivity index (χ4v) is 3.30. The zero-order chi connectivity index (χ0) is 17.3. The van der Waals surface area contributed by atoms with Crippen molar-refractivity contribution in [2.45, 2.75) is 29.1 Å². The number of methoxy groups -OCH3 is 1. The topological polar surface area (TPSA) is 98.5 Å².